The molecule has 0 fully saturated rings. The molecule has 0 heterocycles. The summed E-state index contributed by atoms with van der Waals surface area (Å²) in [5.41, 5.74) is 0. The van der Waals surface area contributed by atoms with Gasteiger partial charge in [0.15, 0.2) is 0 Å². The van der Waals surface area contributed by atoms with Crippen molar-refractivity contribution in [3.8, 4) is 0 Å². The first-order valence-electron chi connectivity index (χ1n) is 1.92. The summed E-state index contributed by atoms with van der Waals surface area (Å²) in [6.07, 6.45) is 0. The van der Waals surface area contributed by atoms with Crippen LogP contribution in [0.25, 0.3) is 0 Å². The maximum atomic E-state index is 8.74. The van der Waals surface area contributed by atoms with E-state index >= 15 is 0 Å². The Balaban J connectivity index is -0.0000000383. The minimum absolute atomic E-state index is 0. The molecule has 0 aromatic heterocycles. The first kappa shape index (κ1) is 22.5. The summed E-state index contributed by atoms with van der Waals surface area (Å²) in [5.74, 6) is 0. The van der Waals surface area contributed by atoms with Gasteiger partial charge < -0.3 is 4.74 Å². The van der Waals surface area contributed by atoms with Gasteiger partial charge in [0, 0.05) is 0 Å². The zero-order valence-electron chi connectivity index (χ0n) is 6.51. The Kier molecular flexibility index (Phi) is 26.6. The first-order chi connectivity index (χ1) is 3.91. The van der Waals surface area contributed by atoms with Gasteiger partial charge in [-0.05, 0) is 7.11 Å². The molecule has 8 heteroatoms. The molecule has 0 spiro atoms. The number of methoxy groups -OCH3 is 1. The molecule has 0 aliphatic rings. The predicted octanol–water partition coefficient (Wildman–Crippen LogP) is -2.68. The van der Waals surface area contributed by atoms with Gasteiger partial charge in [-0.2, -0.15) is 15.3 Å². The minimum atomic E-state index is -4.67. The number of hydrogen-bond acceptors (Lipinski definition) is 3. The molecule has 0 bridgehead atoms. The maximum absolute atomic E-state index is 8.74. The molecule has 11 heavy (non-hydrogen) atoms. The Morgan fingerprint density at radius 3 is 1.45 bits per heavy atom. The van der Waals surface area contributed by atoms with Gasteiger partial charge in [0.25, 0.3) is 0 Å². The maximum Gasteiger partial charge on any atom is 1.00 e. The van der Waals surface area contributed by atoms with Crippen molar-refractivity contribution in [1.82, 2.24) is 0 Å². The number of ether oxygens (including phenoxy) is 1. The van der Waals surface area contributed by atoms with E-state index < -0.39 is 10.4 Å². The molecule has 66 valence electrons. The van der Waals surface area contributed by atoms with Gasteiger partial charge in [-0.25, -0.2) is 6.61 Å². The third-order valence-corrected chi connectivity index (χ3v) is 0.236. The smallest absolute Gasteiger partial charge is 0.555 e. The summed E-state index contributed by atoms with van der Waals surface area (Å²) in [4.78, 5) is 0. The van der Waals surface area contributed by atoms with Crippen LogP contribution in [-0.2, 0) is 15.1 Å². The summed E-state index contributed by atoms with van der Waals surface area (Å²) in [5, 5.41) is 0. The van der Waals surface area contributed by atoms with Crippen molar-refractivity contribution >= 4 is 10.4 Å². The van der Waals surface area contributed by atoms with Crippen LogP contribution in [0.4, 0.5) is 4.70 Å². The van der Waals surface area contributed by atoms with Crippen molar-refractivity contribution in [2.45, 2.75) is 6.92 Å². The molecule has 0 aliphatic carbocycles. The normalized spacial score (nSPS) is 8.00. The van der Waals surface area contributed by atoms with E-state index in [0.29, 0.717) is 0 Å². The van der Waals surface area contributed by atoms with Gasteiger partial charge in [-0.15, -0.1) is 0 Å². The van der Waals surface area contributed by atoms with Crippen molar-refractivity contribution in [2.75, 3.05) is 7.11 Å². The third kappa shape index (κ3) is 393. The SMILES string of the molecule is C[CH-]OC.F.O=S(=O)(O)O.[Li+]. The van der Waals surface area contributed by atoms with E-state index in [2.05, 4.69) is 4.74 Å². The second-order valence-corrected chi connectivity index (χ2v) is 1.81. The zero-order chi connectivity index (χ0) is 7.91. The predicted molar refractivity (Wildman–Crippen MR) is 33.7 cm³/mol. The average molecular weight is 184 g/mol. The Morgan fingerprint density at radius 2 is 1.45 bits per heavy atom. The molecule has 0 amide bonds. The standard InChI is InChI=1S/C3H7O.FH.Li.H2O4S/c1-3-4-2;;;1-5(2,3)4/h3H,1-2H3;1H;;(H2,1,2,3,4)/q-1;;+1;. The molecule has 0 aromatic rings. The molecular formula is C3H10FLiO5S. The summed E-state index contributed by atoms with van der Waals surface area (Å²) >= 11 is 0. The van der Waals surface area contributed by atoms with Gasteiger partial charge in [0.2, 0.25) is 0 Å². The molecule has 5 nitrogen and oxygen atoms in total. The summed E-state index contributed by atoms with van der Waals surface area (Å²) in [6, 6.07) is 0. The van der Waals surface area contributed by atoms with Crippen LogP contribution in [0.1, 0.15) is 6.92 Å². The van der Waals surface area contributed by atoms with Crippen molar-refractivity contribution < 1.29 is 45.8 Å². The summed E-state index contributed by atoms with van der Waals surface area (Å²) in [7, 11) is -3.04. The first-order valence-corrected chi connectivity index (χ1v) is 3.32. The van der Waals surface area contributed by atoms with Crippen LogP contribution in [-0.4, -0.2) is 24.6 Å². The average Bonchev–Trinajstić information content (AvgIpc) is 1.61. The van der Waals surface area contributed by atoms with Gasteiger partial charge in [0.1, 0.15) is 0 Å². The number of halogens is 1. The van der Waals surface area contributed by atoms with E-state index in [4.69, 9.17) is 17.5 Å². The number of rotatable bonds is 1. The fraction of sp³-hybridized carbons (Fsp3) is 0.667. The van der Waals surface area contributed by atoms with Crippen molar-refractivity contribution in [2.24, 2.45) is 0 Å². The van der Waals surface area contributed by atoms with Gasteiger partial charge in [0.05, 0.1) is 0 Å². The van der Waals surface area contributed by atoms with Crippen molar-refractivity contribution in [1.29, 1.82) is 0 Å². The Hall–Kier alpha value is 0.357. The molecule has 2 N–H and O–H groups in total. The second-order valence-electron chi connectivity index (χ2n) is 0.919. The van der Waals surface area contributed by atoms with Crippen LogP contribution in [0, 0.1) is 6.61 Å². The van der Waals surface area contributed by atoms with E-state index in [1.165, 1.54) is 0 Å². The monoisotopic (exact) mass is 184 g/mol. The fourth-order valence-electron chi connectivity index (χ4n) is 0. The Morgan fingerprint density at radius 1 is 1.36 bits per heavy atom. The molecule has 0 aliphatic heterocycles. The zero-order valence-corrected chi connectivity index (χ0v) is 7.33. The van der Waals surface area contributed by atoms with Crippen LogP contribution in [0.2, 0.25) is 0 Å². The summed E-state index contributed by atoms with van der Waals surface area (Å²) < 4.78 is 36.0. The van der Waals surface area contributed by atoms with E-state index in [1.54, 1.807) is 13.7 Å². The molecule has 0 atom stereocenters. The largest absolute Gasteiger partial charge is 1.00 e. The van der Waals surface area contributed by atoms with Gasteiger partial charge in [-0.3, -0.25) is 13.8 Å². The Labute approximate surface area is 77.2 Å². The fourth-order valence-corrected chi connectivity index (χ4v) is 0. The molecule has 0 unspecified atom stereocenters. The van der Waals surface area contributed by atoms with Gasteiger partial charge >= 0.3 is 29.3 Å². The van der Waals surface area contributed by atoms with Gasteiger partial charge in [-0.1, -0.05) is 0 Å². The van der Waals surface area contributed by atoms with E-state index in [0.717, 1.165) is 0 Å². The molecule has 0 radical (unpaired) electrons. The van der Waals surface area contributed by atoms with Crippen LogP contribution < -0.4 is 18.9 Å². The van der Waals surface area contributed by atoms with Crippen LogP contribution in [0.15, 0.2) is 0 Å². The topological polar surface area (TPSA) is 83.8 Å². The van der Waals surface area contributed by atoms with Crippen LogP contribution >= 0.6 is 0 Å². The summed E-state index contributed by atoms with van der Waals surface area (Å²) in [6.45, 7) is 3.46. The van der Waals surface area contributed by atoms with Crippen LogP contribution in [0.5, 0.6) is 0 Å². The quantitative estimate of drug-likeness (QED) is 0.263. The van der Waals surface area contributed by atoms with E-state index in [9.17, 15) is 0 Å². The molecule has 0 saturated carbocycles. The van der Waals surface area contributed by atoms with Crippen LogP contribution in [0.3, 0.4) is 0 Å². The Bertz CT molecular complexity index is 125. The second kappa shape index (κ2) is 13.0. The molecule has 0 saturated heterocycles. The minimum Gasteiger partial charge on any atom is -0.555 e. The van der Waals surface area contributed by atoms with Crippen molar-refractivity contribution in [3.63, 3.8) is 0 Å². The van der Waals surface area contributed by atoms with E-state index in [-0.39, 0.29) is 23.6 Å². The van der Waals surface area contributed by atoms with Crippen molar-refractivity contribution in [3.05, 3.63) is 6.61 Å². The number of hydrogen-bond donors (Lipinski definition) is 2. The van der Waals surface area contributed by atoms with E-state index in [1.807, 2.05) is 6.92 Å². The molecular weight excluding hydrogens is 174 g/mol. The third-order valence-electron chi connectivity index (χ3n) is 0.236. The molecule has 0 aromatic carbocycles. The molecule has 0 rings (SSSR count).